The minimum Gasteiger partial charge on any atom is -0.462 e. The number of hydrogen-bond donors (Lipinski definition) is 2. The van der Waals surface area contributed by atoms with E-state index in [4.69, 9.17) is 23.3 Å². The lowest BCUT2D eigenvalue weighted by Crippen LogP contribution is -2.30. The van der Waals surface area contributed by atoms with Gasteiger partial charge in [0.25, 0.3) is 0 Å². The van der Waals surface area contributed by atoms with Crippen molar-refractivity contribution in [1.29, 1.82) is 0 Å². The number of hydrogen-bond acceptors (Lipinski definition) is 10. The third kappa shape index (κ3) is 58.8. The van der Waals surface area contributed by atoms with Crippen molar-refractivity contribution in [3.63, 3.8) is 0 Å². The molecular formula is C68H115O11P. The van der Waals surface area contributed by atoms with Crippen LogP contribution in [0.5, 0.6) is 0 Å². The zero-order chi connectivity index (χ0) is 58.3. The Kier molecular flexibility index (Phi) is 58.3. The molecule has 0 heterocycles. The molecule has 12 heteroatoms. The summed E-state index contributed by atoms with van der Waals surface area (Å²) in [6.07, 6.45) is 74.6. The van der Waals surface area contributed by atoms with Crippen LogP contribution in [0.2, 0.25) is 0 Å². The van der Waals surface area contributed by atoms with Crippen molar-refractivity contribution in [2.24, 2.45) is 0 Å². The van der Waals surface area contributed by atoms with Crippen LogP contribution in [0, 0.1) is 0 Å². The van der Waals surface area contributed by atoms with E-state index in [1.54, 1.807) is 0 Å². The van der Waals surface area contributed by atoms with Gasteiger partial charge in [0, 0.05) is 19.3 Å². The topological polar surface area (TPSA) is 155 Å². The van der Waals surface area contributed by atoms with Gasteiger partial charge in [-0.05, 0) is 122 Å². The molecule has 0 amide bonds. The number of carbonyl (C=O) groups is 3. The summed E-state index contributed by atoms with van der Waals surface area (Å²) < 4.78 is 39.7. The maximum absolute atomic E-state index is 13.0. The molecule has 0 bridgehead atoms. The fourth-order valence-corrected chi connectivity index (χ4v) is 9.18. The molecule has 0 fully saturated rings. The van der Waals surface area contributed by atoms with Gasteiger partial charge in [-0.3, -0.25) is 23.4 Å². The molecule has 0 rings (SSSR count). The van der Waals surface area contributed by atoms with Crippen LogP contribution < -0.4 is 0 Å². The number of phosphoric ester groups is 1. The van der Waals surface area contributed by atoms with Crippen molar-refractivity contribution in [3.8, 4) is 0 Å². The minimum absolute atomic E-state index is 0.148. The lowest BCUT2D eigenvalue weighted by atomic mass is 10.1. The molecule has 0 aliphatic rings. The summed E-state index contributed by atoms with van der Waals surface area (Å²) in [5, 5.41) is 9.85. The summed E-state index contributed by atoms with van der Waals surface area (Å²) in [4.78, 5) is 48.8. The van der Waals surface area contributed by atoms with Crippen LogP contribution in [-0.4, -0.2) is 66.5 Å². The Morgan fingerprint density at radius 2 is 0.650 bits per heavy atom. The van der Waals surface area contributed by atoms with Crippen LogP contribution in [0.4, 0.5) is 0 Å². The zero-order valence-corrected chi connectivity index (χ0v) is 51.7. The fraction of sp³-hybridized carbons (Fsp3) is 0.691. The Labute approximate surface area is 488 Å². The molecule has 0 aromatic heterocycles. The van der Waals surface area contributed by atoms with Crippen molar-refractivity contribution >= 4 is 25.7 Å². The highest BCUT2D eigenvalue weighted by atomic mass is 31.2. The molecule has 3 unspecified atom stereocenters. The first-order chi connectivity index (χ1) is 39.2. The number of phosphoric acid groups is 1. The molecule has 0 aromatic rings. The number of rotatable bonds is 58. The van der Waals surface area contributed by atoms with Crippen molar-refractivity contribution < 1.29 is 52.2 Å². The Morgan fingerprint density at radius 3 is 1.00 bits per heavy atom. The van der Waals surface area contributed by atoms with Gasteiger partial charge < -0.3 is 24.2 Å². The van der Waals surface area contributed by atoms with E-state index in [2.05, 4.69) is 130 Å². The molecule has 0 saturated heterocycles. The normalized spacial score (nSPS) is 14.0. The number of aliphatic hydroxyl groups excluding tert-OH is 1. The summed E-state index contributed by atoms with van der Waals surface area (Å²) in [5.74, 6) is -1.50. The molecule has 0 radical (unpaired) electrons. The SMILES string of the molecule is CC/C=C\C/C=C\C/C=C\CCCCCCCCCC(=O)OC(CO)COP(=O)(O)OCC(COC(=O)CCCCCCCC/C=C\C/C=C\C/C=C\CCCCC)OC(=O)CCCCCCCCC/C=C\C/C=C\C/C=C\CC. The van der Waals surface area contributed by atoms with E-state index >= 15 is 0 Å². The van der Waals surface area contributed by atoms with Gasteiger partial charge in [-0.2, -0.15) is 0 Å². The van der Waals surface area contributed by atoms with E-state index < -0.39 is 57.8 Å². The molecule has 80 heavy (non-hydrogen) atoms. The Balaban J connectivity index is 4.75. The summed E-state index contributed by atoms with van der Waals surface area (Å²) >= 11 is 0. The lowest BCUT2D eigenvalue weighted by molar-refractivity contribution is -0.161. The summed E-state index contributed by atoms with van der Waals surface area (Å²) in [5.41, 5.74) is 0. The van der Waals surface area contributed by atoms with E-state index in [1.165, 1.54) is 44.9 Å². The van der Waals surface area contributed by atoms with E-state index in [1.807, 2.05) is 0 Å². The van der Waals surface area contributed by atoms with Gasteiger partial charge in [-0.25, -0.2) is 4.57 Å². The van der Waals surface area contributed by atoms with Gasteiger partial charge in [-0.15, -0.1) is 0 Å². The quantitative estimate of drug-likeness (QED) is 0.0197. The second-order valence-electron chi connectivity index (χ2n) is 20.8. The van der Waals surface area contributed by atoms with Crippen molar-refractivity contribution in [3.05, 3.63) is 109 Å². The highest BCUT2D eigenvalue weighted by molar-refractivity contribution is 7.47. The van der Waals surface area contributed by atoms with E-state index in [-0.39, 0.29) is 25.9 Å². The van der Waals surface area contributed by atoms with Crippen LogP contribution >= 0.6 is 7.82 Å². The second-order valence-corrected chi connectivity index (χ2v) is 22.3. The highest BCUT2D eigenvalue weighted by Gasteiger charge is 2.28. The predicted octanol–water partition coefficient (Wildman–Crippen LogP) is 19.4. The summed E-state index contributed by atoms with van der Waals surface area (Å²) in [7, 11) is -4.77. The van der Waals surface area contributed by atoms with E-state index in [0.29, 0.717) is 19.3 Å². The molecular weight excluding hydrogens is 1020 g/mol. The van der Waals surface area contributed by atoms with Crippen LogP contribution in [-0.2, 0) is 42.2 Å². The number of ether oxygens (including phenoxy) is 3. The predicted molar refractivity (Wildman–Crippen MR) is 334 cm³/mol. The second kappa shape index (κ2) is 61.2. The van der Waals surface area contributed by atoms with Crippen LogP contribution in [0.15, 0.2) is 109 Å². The fourth-order valence-electron chi connectivity index (χ4n) is 8.39. The van der Waals surface area contributed by atoms with Gasteiger partial charge in [-0.1, -0.05) is 233 Å². The van der Waals surface area contributed by atoms with Gasteiger partial charge in [0.05, 0.1) is 19.8 Å². The van der Waals surface area contributed by atoms with Gasteiger partial charge in [0.2, 0.25) is 0 Å². The largest absolute Gasteiger partial charge is 0.472 e. The standard InChI is InChI=1S/C68H115O11P/c1-4-7-10-13-16-19-22-25-28-31-32-35-36-39-42-45-48-51-54-57-66(70)75-61-65(79-68(72)59-56-53-50-47-44-41-38-34-30-27-24-21-18-15-12-9-6-3)63-77-80(73,74)76-62-64(60-69)78-67(71)58-55-52-49-46-43-40-37-33-29-26-23-20-17-14-11-8-5-2/h8-9,11-12,16-21,25-30,32,35,64-65,69H,4-7,10,13-15,22-24,31,33-34,36-63H2,1-3H3,(H,73,74)/b11-8-,12-9-,19-16-,20-17-,21-18-,28-25-,29-26-,30-27-,35-32-. The van der Waals surface area contributed by atoms with Crippen molar-refractivity contribution in [2.45, 2.75) is 277 Å². The average molecular weight is 1140 g/mol. The molecule has 0 aliphatic carbocycles. The number of allylic oxidation sites excluding steroid dienone is 18. The Hall–Kier alpha value is -3.86. The summed E-state index contributed by atoms with van der Waals surface area (Å²) in [6, 6.07) is 0. The number of unbranched alkanes of at least 4 members (excludes halogenated alkanes) is 23. The van der Waals surface area contributed by atoms with Crippen molar-refractivity contribution in [1.82, 2.24) is 0 Å². The zero-order valence-electron chi connectivity index (χ0n) is 50.8. The minimum atomic E-state index is -4.77. The third-order valence-corrected chi connectivity index (χ3v) is 14.1. The first-order valence-electron chi connectivity index (χ1n) is 31.8. The Bertz CT molecular complexity index is 1760. The van der Waals surface area contributed by atoms with Gasteiger partial charge >= 0.3 is 25.7 Å². The average Bonchev–Trinajstić information content (AvgIpc) is 3.45. The van der Waals surface area contributed by atoms with E-state index in [0.717, 1.165) is 161 Å². The smallest absolute Gasteiger partial charge is 0.462 e. The molecule has 2 N–H and O–H groups in total. The monoisotopic (exact) mass is 1140 g/mol. The van der Waals surface area contributed by atoms with Crippen LogP contribution in [0.1, 0.15) is 265 Å². The third-order valence-electron chi connectivity index (χ3n) is 13.2. The molecule has 0 spiro atoms. The molecule has 0 saturated carbocycles. The van der Waals surface area contributed by atoms with Gasteiger partial charge in [0.15, 0.2) is 6.10 Å². The first kappa shape index (κ1) is 76.1. The molecule has 0 aliphatic heterocycles. The number of aliphatic hydroxyl groups is 1. The molecule has 3 atom stereocenters. The maximum Gasteiger partial charge on any atom is 0.472 e. The van der Waals surface area contributed by atoms with Crippen molar-refractivity contribution in [2.75, 3.05) is 26.4 Å². The van der Waals surface area contributed by atoms with Gasteiger partial charge in [0.1, 0.15) is 12.7 Å². The lowest BCUT2D eigenvalue weighted by Gasteiger charge is -2.21. The first-order valence-corrected chi connectivity index (χ1v) is 33.3. The summed E-state index contributed by atoms with van der Waals surface area (Å²) in [6.45, 7) is 4.38. The molecule has 0 aromatic carbocycles. The molecule has 458 valence electrons. The van der Waals surface area contributed by atoms with Crippen LogP contribution in [0.3, 0.4) is 0 Å². The number of carbonyl (C=O) groups excluding carboxylic acids is 3. The molecule has 11 nitrogen and oxygen atoms in total. The van der Waals surface area contributed by atoms with E-state index in [9.17, 15) is 28.9 Å². The Morgan fingerprint density at radius 1 is 0.362 bits per heavy atom. The maximum atomic E-state index is 13.0. The highest BCUT2D eigenvalue weighted by Crippen LogP contribution is 2.43. The van der Waals surface area contributed by atoms with Crippen LogP contribution in [0.25, 0.3) is 0 Å². The number of esters is 3.